The number of anilines is 1. The highest BCUT2D eigenvalue weighted by molar-refractivity contribution is 5.96. The van der Waals surface area contributed by atoms with Crippen LogP contribution < -0.4 is 4.90 Å². The molecule has 1 aliphatic rings. The summed E-state index contributed by atoms with van der Waals surface area (Å²) in [6.45, 7) is 4.95. The second-order valence-electron chi connectivity index (χ2n) is 6.32. The molecule has 3 aromatic rings. The van der Waals surface area contributed by atoms with Crippen LogP contribution in [0, 0.1) is 6.92 Å². The Morgan fingerprint density at radius 3 is 2.84 bits per heavy atom. The van der Waals surface area contributed by atoms with Gasteiger partial charge in [-0.05, 0) is 37.1 Å². The van der Waals surface area contributed by atoms with E-state index in [1.54, 1.807) is 6.20 Å². The first-order chi connectivity index (χ1) is 12.2. The number of carbonyl (C=O) groups excluding carboxylic acids is 1. The Balaban J connectivity index is 1.51. The molecule has 0 unspecified atom stereocenters. The van der Waals surface area contributed by atoms with Crippen molar-refractivity contribution in [1.82, 2.24) is 15.1 Å². The number of fused-ring (bicyclic) bond motifs is 1. The minimum absolute atomic E-state index is 0.0448. The van der Waals surface area contributed by atoms with Crippen LogP contribution in [-0.4, -0.2) is 47.2 Å². The average molecular weight is 336 g/mol. The maximum atomic E-state index is 12.9. The third-order valence-corrected chi connectivity index (χ3v) is 4.62. The monoisotopic (exact) mass is 336 g/mol. The van der Waals surface area contributed by atoms with Crippen LogP contribution in [0.15, 0.2) is 47.0 Å². The molecule has 6 heteroatoms. The van der Waals surface area contributed by atoms with Gasteiger partial charge in [0.25, 0.3) is 5.91 Å². The molecular weight excluding hydrogens is 316 g/mol. The highest BCUT2D eigenvalue weighted by Gasteiger charge is 2.23. The number of hydrogen-bond acceptors (Lipinski definition) is 5. The van der Waals surface area contributed by atoms with Crippen LogP contribution in [-0.2, 0) is 0 Å². The molecule has 6 nitrogen and oxygen atoms in total. The first-order valence-corrected chi connectivity index (χ1v) is 8.53. The Hall–Kier alpha value is -2.89. The summed E-state index contributed by atoms with van der Waals surface area (Å²) in [4.78, 5) is 16.9. The summed E-state index contributed by atoms with van der Waals surface area (Å²) in [5.41, 5.74) is 1.84. The quantitative estimate of drug-likeness (QED) is 0.720. The van der Waals surface area contributed by atoms with Crippen molar-refractivity contribution in [2.75, 3.05) is 31.1 Å². The Kier molecular flexibility index (Phi) is 4.09. The van der Waals surface area contributed by atoms with Gasteiger partial charge in [0.1, 0.15) is 5.58 Å². The Labute approximate surface area is 146 Å². The van der Waals surface area contributed by atoms with Gasteiger partial charge in [-0.1, -0.05) is 18.2 Å². The number of aryl methyl sites for hydroxylation is 1. The van der Waals surface area contributed by atoms with Gasteiger partial charge < -0.3 is 14.2 Å². The molecule has 0 aliphatic carbocycles. The van der Waals surface area contributed by atoms with Crippen molar-refractivity contribution in [3.05, 3.63) is 53.9 Å². The predicted octanol–water partition coefficient (Wildman–Crippen LogP) is 2.88. The molecular formula is C19H20N4O2. The SMILES string of the molecule is Cc1cccc2cc(C(=O)N3CCCN(c4cccnn4)CC3)oc12. The molecule has 1 amide bonds. The summed E-state index contributed by atoms with van der Waals surface area (Å²) in [6.07, 6.45) is 2.56. The van der Waals surface area contributed by atoms with Crippen molar-refractivity contribution < 1.29 is 9.21 Å². The summed E-state index contributed by atoms with van der Waals surface area (Å²) in [5, 5.41) is 9.07. The molecule has 1 aliphatic heterocycles. The highest BCUT2D eigenvalue weighted by Crippen LogP contribution is 2.24. The minimum Gasteiger partial charge on any atom is -0.451 e. The number of hydrogen-bond donors (Lipinski definition) is 0. The van der Waals surface area contributed by atoms with Gasteiger partial charge in [-0.3, -0.25) is 4.79 Å². The van der Waals surface area contributed by atoms with E-state index in [1.807, 2.05) is 48.2 Å². The average Bonchev–Trinajstić information content (AvgIpc) is 2.93. The molecule has 1 saturated heterocycles. The predicted molar refractivity (Wildman–Crippen MR) is 95.7 cm³/mol. The summed E-state index contributed by atoms with van der Waals surface area (Å²) >= 11 is 0. The number of rotatable bonds is 2. The second-order valence-corrected chi connectivity index (χ2v) is 6.32. The zero-order valence-electron chi connectivity index (χ0n) is 14.2. The molecule has 0 radical (unpaired) electrons. The lowest BCUT2D eigenvalue weighted by atomic mass is 10.2. The van der Waals surface area contributed by atoms with Crippen molar-refractivity contribution >= 4 is 22.7 Å². The van der Waals surface area contributed by atoms with Crippen LogP contribution in [0.2, 0.25) is 0 Å². The lowest BCUT2D eigenvalue weighted by Crippen LogP contribution is -2.35. The van der Waals surface area contributed by atoms with Gasteiger partial charge in [-0.25, -0.2) is 0 Å². The Bertz CT molecular complexity index is 891. The number of carbonyl (C=O) groups is 1. The zero-order chi connectivity index (χ0) is 17.2. The van der Waals surface area contributed by atoms with Crippen molar-refractivity contribution in [3.63, 3.8) is 0 Å². The van der Waals surface area contributed by atoms with E-state index in [1.165, 1.54) is 0 Å². The summed E-state index contributed by atoms with van der Waals surface area (Å²) in [5.74, 6) is 1.23. The van der Waals surface area contributed by atoms with Crippen molar-refractivity contribution in [3.8, 4) is 0 Å². The van der Waals surface area contributed by atoms with Gasteiger partial charge in [0.05, 0.1) is 0 Å². The minimum atomic E-state index is -0.0448. The molecule has 0 saturated carbocycles. The van der Waals surface area contributed by atoms with E-state index in [0.717, 1.165) is 41.9 Å². The number of aromatic nitrogens is 2. The highest BCUT2D eigenvalue weighted by atomic mass is 16.3. The van der Waals surface area contributed by atoms with Gasteiger partial charge in [0.15, 0.2) is 11.6 Å². The fourth-order valence-electron chi connectivity index (χ4n) is 3.28. The molecule has 0 N–H and O–H groups in total. The summed E-state index contributed by atoms with van der Waals surface area (Å²) < 4.78 is 5.84. The van der Waals surface area contributed by atoms with Gasteiger partial charge in [-0.15, -0.1) is 5.10 Å². The Morgan fingerprint density at radius 2 is 2.04 bits per heavy atom. The Morgan fingerprint density at radius 1 is 1.12 bits per heavy atom. The fraction of sp³-hybridized carbons (Fsp3) is 0.316. The van der Waals surface area contributed by atoms with E-state index in [0.29, 0.717) is 18.8 Å². The third kappa shape index (κ3) is 3.07. The van der Waals surface area contributed by atoms with Crippen molar-refractivity contribution in [2.45, 2.75) is 13.3 Å². The van der Waals surface area contributed by atoms with Crippen molar-refractivity contribution in [2.24, 2.45) is 0 Å². The molecule has 0 atom stereocenters. The molecule has 1 fully saturated rings. The van der Waals surface area contributed by atoms with E-state index in [4.69, 9.17) is 4.42 Å². The van der Waals surface area contributed by atoms with Gasteiger partial charge in [0, 0.05) is 37.8 Å². The van der Waals surface area contributed by atoms with Crippen LogP contribution in [0.5, 0.6) is 0 Å². The smallest absolute Gasteiger partial charge is 0.289 e. The first-order valence-electron chi connectivity index (χ1n) is 8.53. The summed E-state index contributed by atoms with van der Waals surface area (Å²) in [7, 11) is 0. The number of para-hydroxylation sites is 1. The van der Waals surface area contributed by atoms with Crippen LogP contribution in [0.1, 0.15) is 22.5 Å². The first kappa shape index (κ1) is 15.6. The van der Waals surface area contributed by atoms with Crippen LogP contribution in [0.4, 0.5) is 5.82 Å². The largest absolute Gasteiger partial charge is 0.451 e. The van der Waals surface area contributed by atoms with E-state index < -0.39 is 0 Å². The molecule has 0 bridgehead atoms. The molecule has 128 valence electrons. The number of benzene rings is 1. The van der Waals surface area contributed by atoms with Crippen molar-refractivity contribution in [1.29, 1.82) is 0 Å². The van der Waals surface area contributed by atoms with Crippen LogP contribution >= 0.6 is 0 Å². The lowest BCUT2D eigenvalue weighted by Gasteiger charge is -2.21. The molecule has 4 rings (SSSR count). The van der Waals surface area contributed by atoms with E-state index >= 15 is 0 Å². The maximum absolute atomic E-state index is 12.9. The van der Waals surface area contributed by atoms with E-state index in [-0.39, 0.29) is 5.91 Å². The van der Waals surface area contributed by atoms with E-state index in [2.05, 4.69) is 15.1 Å². The standard InChI is InChI=1S/C19H20N4O2/c1-14-5-2-6-15-13-16(25-18(14)15)19(24)23-10-4-9-22(11-12-23)17-7-3-8-20-21-17/h2-3,5-8,13H,4,9-12H2,1H3. The van der Waals surface area contributed by atoms with Crippen LogP contribution in [0.25, 0.3) is 11.0 Å². The second kappa shape index (κ2) is 6.55. The number of amides is 1. The lowest BCUT2D eigenvalue weighted by molar-refractivity contribution is 0.0737. The van der Waals surface area contributed by atoms with Gasteiger partial charge in [-0.2, -0.15) is 5.10 Å². The zero-order valence-corrected chi connectivity index (χ0v) is 14.2. The number of furan rings is 1. The third-order valence-electron chi connectivity index (χ3n) is 4.62. The molecule has 0 spiro atoms. The van der Waals surface area contributed by atoms with Gasteiger partial charge in [0.2, 0.25) is 0 Å². The number of nitrogens with zero attached hydrogens (tertiary/aromatic N) is 4. The topological polar surface area (TPSA) is 62.5 Å². The van der Waals surface area contributed by atoms with Gasteiger partial charge >= 0.3 is 0 Å². The normalized spacial score (nSPS) is 15.4. The molecule has 25 heavy (non-hydrogen) atoms. The maximum Gasteiger partial charge on any atom is 0.289 e. The fourth-order valence-corrected chi connectivity index (χ4v) is 3.28. The van der Waals surface area contributed by atoms with Crippen LogP contribution in [0.3, 0.4) is 0 Å². The summed E-state index contributed by atoms with van der Waals surface area (Å²) in [6, 6.07) is 11.6. The van der Waals surface area contributed by atoms with E-state index in [9.17, 15) is 4.79 Å². The molecule has 1 aromatic carbocycles. The molecule has 3 heterocycles. The molecule has 2 aromatic heterocycles.